The summed E-state index contributed by atoms with van der Waals surface area (Å²) in [4.78, 5) is 35.0. The summed E-state index contributed by atoms with van der Waals surface area (Å²) in [5, 5.41) is 2.41. The third-order valence-electron chi connectivity index (χ3n) is 5.86. The van der Waals surface area contributed by atoms with Gasteiger partial charge in [0.15, 0.2) is 5.16 Å². The first kappa shape index (κ1) is 22.5. The Hall–Kier alpha value is -3.30. The minimum atomic E-state index is -0.103. The largest absolute Gasteiger partial charge is 0.497 e. The lowest BCUT2D eigenvalue weighted by Crippen LogP contribution is -2.49. The van der Waals surface area contributed by atoms with Gasteiger partial charge in [-0.3, -0.25) is 14.2 Å². The number of para-hydroxylation sites is 1. The van der Waals surface area contributed by atoms with Crippen LogP contribution in [0.4, 0.5) is 5.69 Å². The number of hydrogen-bond acceptors (Lipinski definition) is 7. The molecule has 0 saturated carbocycles. The number of anilines is 1. The number of nitrogens with zero attached hydrogens (tertiary/aromatic N) is 4. The lowest BCUT2D eigenvalue weighted by atomic mass is 10.2. The Morgan fingerprint density at radius 3 is 2.44 bits per heavy atom. The van der Waals surface area contributed by atoms with Gasteiger partial charge >= 0.3 is 0 Å². The van der Waals surface area contributed by atoms with Gasteiger partial charge in [-0.1, -0.05) is 30.0 Å². The highest BCUT2D eigenvalue weighted by molar-refractivity contribution is 7.99. The van der Waals surface area contributed by atoms with Crippen LogP contribution in [-0.4, -0.2) is 59.4 Å². The number of rotatable bonds is 6. The fourth-order valence-corrected chi connectivity index (χ4v) is 5.69. The molecule has 0 atom stereocenters. The second-order valence-electron chi connectivity index (χ2n) is 7.86. The molecule has 2 aromatic carbocycles. The molecule has 0 N–H and O–H groups in total. The molecule has 0 spiro atoms. The molecule has 7 nitrogen and oxygen atoms in total. The van der Waals surface area contributed by atoms with Crippen LogP contribution in [0.5, 0.6) is 5.75 Å². The minimum absolute atomic E-state index is 0.0543. The molecule has 3 heterocycles. The van der Waals surface area contributed by atoms with E-state index in [2.05, 4.69) is 4.90 Å². The molecule has 1 aliphatic heterocycles. The van der Waals surface area contributed by atoms with Gasteiger partial charge in [0.2, 0.25) is 5.91 Å². The molecule has 34 heavy (non-hydrogen) atoms. The Kier molecular flexibility index (Phi) is 6.55. The number of benzene rings is 2. The molecule has 0 radical (unpaired) electrons. The number of methoxy groups -OCH3 is 1. The van der Waals surface area contributed by atoms with E-state index in [1.807, 2.05) is 70.9 Å². The van der Waals surface area contributed by atoms with Crippen molar-refractivity contribution in [3.8, 4) is 11.4 Å². The van der Waals surface area contributed by atoms with Crippen LogP contribution in [0.1, 0.15) is 0 Å². The van der Waals surface area contributed by atoms with Crippen molar-refractivity contribution in [2.75, 3.05) is 43.9 Å². The number of ether oxygens (including phenoxy) is 1. The Balaban J connectivity index is 1.28. The summed E-state index contributed by atoms with van der Waals surface area (Å²) < 4.78 is 7.46. The molecule has 1 amide bonds. The first-order valence-corrected chi connectivity index (χ1v) is 12.9. The summed E-state index contributed by atoms with van der Waals surface area (Å²) in [6.45, 7) is 2.87. The first-order valence-electron chi connectivity index (χ1n) is 11.0. The van der Waals surface area contributed by atoms with Gasteiger partial charge in [0.25, 0.3) is 5.56 Å². The molecule has 1 saturated heterocycles. The number of carbonyl (C=O) groups is 1. The number of aromatic nitrogens is 2. The third kappa shape index (κ3) is 4.53. The number of piperazine rings is 1. The smallest absolute Gasteiger partial charge is 0.276 e. The van der Waals surface area contributed by atoms with Crippen molar-refractivity contribution in [2.45, 2.75) is 5.16 Å². The third-order valence-corrected chi connectivity index (χ3v) is 7.67. The summed E-state index contributed by atoms with van der Waals surface area (Å²) in [5.74, 6) is 1.12. The van der Waals surface area contributed by atoms with E-state index in [-0.39, 0.29) is 17.2 Å². The number of carbonyl (C=O) groups excluding carboxylic acids is 1. The molecular weight excluding hydrogens is 468 g/mol. The maximum atomic E-state index is 13.2. The SMILES string of the molecule is COc1ccc(N2CCN(C(=O)CSc3nc4ccsc4c(=O)n3-c3ccccc3)CC2)cc1. The maximum absolute atomic E-state index is 13.2. The number of amides is 1. The standard InChI is InChI=1S/C25H24N4O3S2/c1-32-20-9-7-18(8-10-20)27-12-14-28(15-13-27)22(30)17-34-25-26-21-11-16-33-23(21)24(31)29(25)19-5-3-2-4-6-19/h2-11,16H,12-15,17H2,1H3. The van der Waals surface area contributed by atoms with Gasteiger partial charge < -0.3 is 14.5 Å². The normalized spacial score (nSPS) is 13.9. The number of fused-ring (bicyclic) bond motifs is 1. The monoisotopic (exact) mass is 492 g/mol. The zero-order valence-electron chi connectivity index (χ0n) is 18.7. The zero-order valence-corrected chi connectivity index (χ0v) is 20.3. The highest BCUT2D eigenvalue weighted by Gasteiger charge is 2.23. The van der Waals surface area contributed by atoms with Crippen molar-refractivity contribution < 1.29 is 9.53 Å². The predicted octanol–water partition coefficient (Wildman–Crippen LogP) is 3.90. The minimum Gasteiger partial charge on any atom is -0.497 e. The second-order valence-corrected chi connectivity index (χ2v) is 9.72. The average Bonchev–Trinajstić information content (AvgIpc) is 3.37. The molecule has 0 aliphatic carbocycles. The van der Waals surface area contributed by atoms with Crippen molar-refractivity contribution in [2.24, 2.45) is 0 Å². The van der Waals surface area contributed by atoms with Gasteiger partial charge in [-0.25, -0.2) is 4.98 Å². The molecule has 0 unspecified atom stereocenters. The van der Waals surface area contributed by atoms with E-state index in [0.717, 1.165) is 30.2 Å². The van der Waals surface area contributed by atoms with E-state index < -0.39 is 0 Å². The molecule has 1 aliphatic rings. The van der Waals surface area contributed by atoms with Crippen LogP contribution in [0.25, 0.3) is 15.9 Å². The van der Waals surface area contributed by atoms with Crippen molar-refractivity contribution in [1.29, 1.82) is 0 Å². The van der Waals surface area contributed by atoms with Crippen molar-refractivity contribution in [3.05, 3.63) is 76.4 Å². The lowest BCUT2D eigenvalue weighted by Gasteiger charge is -2.36. The van der Waals surface area contributed by atoms with E-state index in [9.17, 15) is 9.59 Å². The Morgan fingerprint density at radius 1 is 1.00 bits per heavy atom. The van der Waals surface area contributed by atoms with Crippen molar-refractivity contribution in [1.82, 2.24) is 14.5 Å². The Morgan fingerprint density at radius 2 is 1.74 bits per heavy atom. The van der Waals surface area contributed by atoms with Crippen molar-refractivity contribution >= 4 is 44.9 Å². The van der Waals surface area contributed by atoms with Crippen LogP contribution >= 0.6 is 23.1 Å². The summed E-state index contributed by atoms with van der Waals surface area (Å²) in [7, 11) is 1.66. The van der Waals surface area contributed by atoms with Crippen LogP contribution < -0.4 is 15.2 Å². The van der Waals surface area contributed by atoms with Gasteiger partial charge in [0, 0.05) is 31.9 Å². The topological polar surface area (TPSA) is 67.7 Å². The van der Waals surface area contributed by atoms with E-state index in [0.29, 0.717) is 28.5 Å². The fraction of sp³-hybridized carbons (Fsp3) is 0.240. The Labute approximate surface area is 205 Å². The number of hydrogen-bond donors (Lipinski definition) is 0. The van der Waals surface area contributed by atoms with Crippen LogP contribution in [-0.2, 0) is 4.79 Å². The lowest BCUT2D eigenvalue weighted by molar-refractivity contribution is -0.128. The van der Waals surface area contributed by atoms with Gasteiger partial charge in [-0.05, 0) is 47.8 Å². The van der Waals surface area contributed by atoms with E-state index in [1.165, 1.54) is 23.1 Å². The maximum Gasteiger partial charge on any atom is 0.276 e. The fourth-order valence-electron chi connectivity index (χ4n) is 4.02. The van der Waals surface area contributed by atoms with Crippen LogP contribution in [0.15, 0.2) is 76.0 Å². The molecule has 4 aromatic rings. The predicted molar refractivity (Wildman–Crippen MR) is 138 cm³/mol. The molecule has 2 aromatic heterocycles. The zero-order chi connectivity index (χ0) is 23.5. The highest BCUT2D eigenvalue weighted by Crippen LogP contribution is 2.25. The van der Waals surface area contributed by atoms with Crippen LogP contribution in [0.3, 0.4) is 0 Å². The van der Waals surface area contributed by atoms with Crippen LogP contribution in [0, 0.1) is 0 Å². The van der Waals surface area contributed by atoms with Gasteiger partial charge in [0.05, 0.1) is 24.1 Å². The quantitative estimate of drug-likeness (QED) is 0.300. The summed E-state index contributed by atoms with van der Waals surface area (Å²) in [6, 6.07) is 19.3. The molecular formula is C25H24N4O3S2. The molecule has 5 rings (SSSR count). The summed E-state index contributed by atoms with van der Waals surface area (Å²) >= 11 is 2.70. The highest BCUT2D eigenvalue weighted by atomic mass is 32.2. The molecule has 174 valence electrons. The second kappa shape index (κ2) is 9.90. The van der Waals surface area contributed by atoms with Gasteiger partial charge in [-0.15, -0.1) is 11.3 Å². The molecule has 0 bridgehead atoms. The van der Waals surface area contributed by atoms with Crippen LogP contribution in [0.2, 0.25) is 0 Å². The summed E-state index contributed by atoms with van der Waals surface area (Å²) in [6.07, 6.45) is 0. The molecule has 9 heteroatoms. The Bertz CT molecular complexity index is 1340. The van der Waals surface area contributed by atoms with Crippen molar-refractivity contribution in [3.63, 3.8) is 0 Å². The van der Waals surface area contributed by atoms with Gasteiger partial charge in [-0.2, -0.15) is 0 Å². The summed E-state index contributed by atoms with van der Waals surface area (Å²) in [5.41, 5.74) is 2.44. The van der Waals surface area contributed by atoms with E-state index in [4.69, 9.17) is 9.72 Å². The molecule has 1 fully saturated rings. The van der Waals surface area contributed by atoms with E-state index in [1.54, 1.807) is 11.7 Å². The number of thioether (sulfide) groups is 1. The average molecular weight is 493 g/mol. The first-order chi connectivity index (χ1) is 16.6. The van der Waals surface area contributed by atoms with E-state index >= 15 is 0 Å². The number of thiophene rings is 1. The van der Waals surface area contributed by atoms with Gasteiger partial charge in [0.1, 0.15) is 10.4 Å².